The number of aromatic carboxylic acids is 1. The Bertz CT molecular complexity index is 966. The van der Waals surface area contributed by atoms with Crippen molar-refractivity contribution < 1.29 is 14.3 Å². The minimum atomic E-state index is -1.01. The molecule has 0 atom stereocenters. The number of hydrogen-bond donors (Lipinski definition) is 1. The van der Waals surface area contributed by atoms with Crippen LogP contribution in [0.4, 0.5) is 4.39 Å². The second kappa shape index (κ2) is 6.01. The van der Waals surface area contributed by atoms with Gasteiger partial charge in [-0.1, -0.05) is 11.6 Å². The van der Waals surface area contributed by atoms with Gasteiger partial charge >= 0.3 is 5.97 Å². The van der Waals surface area contributed by atoms with E-state index in [0.717, 1.165) is 5.56 Å². The number of aromatic nitrogens is 1. The van der Waals surface area contributed by atoms with Gasteiger partial charge in [-0.3, -0.25) is 0 Å². The van der Waals surface area contributed by atoms with Crippen LogP contribution in [0.1, 0.15) is 21.5 Å². The van der Waals surface area contributed by atoms with Crippen molar-refractivity contribution in [2.75, 3.05) is 0 Å². The molecule has 0 aliphatic carbocycles. The highest BCUT2D eigenvalue weighted by molar-refractivity contribution is 5.87. The fraction of sp³-hybridized carbons (Fsp3) is 0.0526. The number of hydrogen-bond acceptors (Lipinski definition) is 2. The van der Waals surface area contributed by atoms with Gasteiger partial charge in [-0.25, -0.2) is 9.18 Å². The quantitative estimate of drug-likeness (QED) is 0.788. The molecule has 0 bridgehead atoms. The molecule has 4 nitrogen and oxygen atoms in total. The molecule has 5 heteroatoms. The van der Waals surface area contributed by atoms with Gasteiger partial charge in [-0.2, -0.15) is 5.26 Å². The third-order valence-electron chi connectivity index (χ3n) is 3.77. The first-order valence-electron chi connectivity index (χ1n) is 7.22. The molecule has 1 aromatic heterocycles. The molecule has 2 aromatic carbocycles. The lowest BCUT2D eigenvalue weighted by molar-refractivity contribution is 0.0697. The highest BCUT2D eigenvalue weighted by Crippen LogP contribution is 2.29. The van der Waals surface area contributed by atoms with E-state index in [1.165, 1.54) is 18.2 Å². The molecule has 0 aliphatic heterocycles. The summed E-state index contributed by atoms with van der Waals surface area (Å²) in [5, 5.41) is 18.3. The number of halogens is 1. The van der Waals surface area contributed by atoms with Gasteiger partial charge in [-0.05, 0) is 43.3 Å². The standard InChI is InChI=1S/C19H13FN2O2/c1-12-2-7-18(20)16(8-12)17-11-22(10-14(17)9-21)15-5-3-13(4-6-15)19(23)24/h2-8,10-11H,1H3,(H,23,24). The molecule has 0 amide bonds. The molecular formula is C19H13FN2O2. The zero-order valence-electron chi connectivity index (χ0n) is 12.8. The number of carbonyl (C=O) groups is 1. The molecule has 3 rings (SSSR count). The average Bonchev–Trinajstić information content (AvgIpc) is 3.01. The Morgan fingerprint density at radius 2 is 1.83 bits per heavy atom. The van der Waals surface area contributed by atoms with Crippen LogP contribution in [0, 0.1) is 24.1 Å². The summed E-state index contributed by atoms with van der Waals surface area (Å²) in [5.41, 5.74) is 2.98. The van der Waals surface area contributed by atoms with E-state index in [4.69, 9.17) is 5.11 Å². The highest BCUT2D eigenvalue weighted by Gasteiger charge is 2.14. The first-order valence-corrected chi connectivity index (χ1v) is 7.22. The van der Waals surface area contributed by atoms with Gasteiger partial charge in [-0.15, -0.1) is 0 Å². The summed E-state index contributed by atoms with van der Waals surface area (Å²) >= 11 is 0. The van der Waals surface area contributed by atoms with Gasteiger partial charge in [0, 0.05) is 29.2 Å². The number of carboxylic acids is 1. The van der Waals surface area contributed by atoms with Crippen LogP contribution < -0.4 is 0 Å². The summed E-state index contributed by atoms with van der Waals surface area (Å²) in [6.07, 6.45) is 3.28. The number of benzene rings is 2. The van der Waals surface area contributed by atoms with Crippen LogP contribution in [-0.2, 0) is 0 Å². The fourth-order valence-electron chi connectivity index (χ4n) is 2.53. The SMILES string of the molecule is Cc1ccc(F)c(-c2cn(-c3ccc(C(=O)O)cc3)cc2C#N)c1. The zero-order valence-corrected chi connectivity index (χ0v) is 12.8. The van der Waals surface area contributed by atoms with Crippen LogP contribution in [0.3, 0.4) is 0 Å². The molecule has 0 unspecified atom stereocenters. The van der Waals surface area contributed by atoms with Gasteiger partial charge in [0.2, 0.25) is 0 Å². The second-order valence-electron chi connectivity index (χ2n) is 5.44. The van der Waals surface area contributed by atoms with Crippen LogP contribution in [0.15, 0.2) is 54.9 Å². The summed E-state index contributed by atoms with van der Waals surface area (Å²) in [6.45, 7) is 1.86. The number of nitriles is 1. The molecule has 0 saturated heterocycles. The molecular weight excluding hydrogens is 307 g/mol. The molecule has 1 heterocycles. The van der Waals surface area contributed by atoms with Crippen molar-refractivity contribution in [2.45, 2.75) is 6.92 Å². The zero-order chi connectivity index (χ0) is 17.3. The van der Waals surface area contributed by atoms with E-state index in [-0.39, 0.29) is 5.56 Å². The van der Waals surface area contributed by atoms with Gasteiger partial charge in [0.1, 0.15) is 11.9 Å². The van der Waals surface area contributed by atoms with Crippen molar-refractivity contribution in [3.63, 3.8) is 0 Å². The maximum Gasteiger partial charge on any atom is 0.335 e. The summed E-state index contributed by atoms with van der Waals surface area (Å²) in [7, 11) is 0. The Balaban J connectivity index is 2.10. The van der Waals surface area contributed by atoms with Crippen LogP contribution >= 0.6 is 0 Å². The van der Waals surface area contributed by atoms with Gasteiger partial charge in [0.25, 0.3) is 0 Å². The van der Waals surface area contributed by atoms with Crippen molar-refractivity contribution in [2.24, 2.45) is 0 Å². The van der Waals surface area contributed by atoms with Crippen molar-refractivity contribution in [1.29, 1.82) is 5.26 Å². The lowest BCUT2D eigenvalue weighted by Gasteiger charge is -2.04. The van der Waals surface area contributed by atoms with E-state index in [0.29, 0.717) is 22.4 Å². The molecule has 118 valence electrons. The monoisotopic (exact) mass is 320 g/mol. The number of rotatable bonds is 3. The van der Waals surface area contributed by atoms with Crippen molar-refractivity contribution in [3.05, 3.63) is 77.4 Å². The van der Waals surface area contributed by atoms with E-state index in [1.54, 1.807) is 41.2 Å². The van der Waals surface area contributed by atoms with Gasteiger partial charge < -0.3 is 9.67 Å². The lowest BCUT2D eigenvalue weighted by atomic mass is 10.0. The summed E-state index contributed by atoms with van der Waals surface area (Å²) in [6, 6.07) is 13.1. The van der Waals surface area contributed by atoms with E-state index >= 15 is 0 Å². The molecule has 1 N–H and O–H groups in total. The molecule has 0 aliphatic rings. The Labute approximate surface area is 138 Å². The first-order chi connectivity index (χ1) is 11.5. The molecule has 0 fully saturated rings. The average molecular weight is 320 g/mol. The Morgan fingerprint density at radius 3 is 2.46 bits per heavy atom. The molecule has 0 saturated carbocycles. The van der Waals surface area contributed by atoms with E-state index in [1.807, 2.05) is 6.92 Å². The predicted octanol–water partition coefficient (Wildman–Crippen LogP) is 4.16. The summed E-state index contributed by atoms with van der Waals surface area (Å²) < 4.78 is 15.8. The van der Waals surface area contributed by atoms with Crippen LogP contribution in [-0.4, -0.2) is 15.6 Å². The first kappa shape index (κ1) is 15.5. The molecule has 0 spiro atoms. The Morgan fingerprint density at radius 1 is 1.12 bits per heavy atom. The van der Waals surface area contributed by atoms with Gasteiger partial charge in [0.05, 0.1) is 11.1 Å². The molecule has 24 heavy (non-hydrogen) atoms. The van der Waals surface area contributed by atoms with Crippen LogP contribution in [0.5, 0.6) is 0 Å². The van der Waals surface area contributed by atoms with Crippen molar-refractivity contribution >= 4 is 5.97 Å². The topological polar surface area (TPSA) is 66.0 Å². The molecule has 3 aromatic rings. The minimum absolute atomic E-state index is 0.177. The predicted molar refractivity (Wildman–Crippen MR) is 87.6 cm³/mol. The fourth-order valence-corrected chi connectivity index (χ4v) is 2.53. The van der Waals surface area contributed by atoms with E-state index < -0.39 is 11.8 Å². The number of carboxylic acid groups (broad SMARTS) is 1. The van der Waals surface area contributed by atoms with Crippen molar-refractivity contribution in [1.82, 2.24) is 4.57 Å². The Hall–Kier alpha value is -3.39. The third-order valence-corrected chi connectivity index (χ3v) is 3.77. The normalized spacial score (nSPS) is 10.4. The third kappa shape index (κ3) is 2.77. The number of nitrogens with zero attached hydrogens (tertiary/aromatic N) is 2. The summed E-state index contributed by atoms with van der Waals surface area (Å²) in [5.74, 6) is -1.40. The smallest absolute Gasteiger partial charge is 0.335 e. The van der Waals surface area contributed by atoms with E-state index in [9.17, 15) is 14.4 Å². The van der Waals surface area contributed by atoms with Crippen LogP contribution in [0.25, 0.3) is 16.8 Å². The highest BCUT2D eigenvalue weighted by atomic mass is 19.1. The Kier molecular flexibility index (Phi) is 3.88. The maximum atomic E-state index is 14.1. The second-order valence-corrected chi connectivity index (χ2v) is 5.44. The molecule has 0 radical (unpaired) electrons. The number of aryl methyl sites for hydroxylation is 1. The maximum absolute atomic E-state index is 14.1. The minimum Gasteiger partial charge on any atom is -0.478 e. The van der Waals surface area contributed by atoms with E-state index in [2.05, 4.69) is 6.07 Å². The van der Waals surface area contributed by atoms with Gasteiger partial charge in [0.15, 0.2) is 0 Å². The van der Waals surface area contributed by atoms with Crippen LogP contribution in [0.2, 0.25) is 0 Å². The lowest BCUT2D eigenvalue weighted by Crippen LogP contribution is -1.97. The van der Waals surface area contributed by atoms with Crippen molar-refractivity contribution in [3.8, 4) is 22.9 Å². The summed E-state index contributed by atoms with van der Waals surface area (Å²) in [4.78, 5) is 10.9. The largest absolute Gasteiger partial charge is 0.478 e.